The van der Waals surface area contributed by atoms with Gasteiger partial charge in [-0.1, -0.05) is 0 Å². The van der Waals surface area contributed by atoms with Gasteiger partial charge >= 0.3 is 0 Å². The van der Waals surface area contributed by atoms with Crippen LogP contribution in [-0.2, 0) is 7.05 Å². The summed E-state index contributed by atoms with van der Waals surface area (Å²) in [6.45, 7) is 5.21. The Hall–Kier alpha value is -1.66. The van der Waals surface area contributed by atoms with E-state index in [0.29, 0.717) is 5.92 Å². The second kappa shape index (κ2) is 6.09. The Morgan fingerprint density at radius 3 is 2.65 bits per heavy atom. The summed E-state index contributed by atoms with van der Waals surface area (Å²) in [6.07, 6.45) is 2.35. The standard InChI is InChI=1S/C16H21N5O.ClH/c1-10-14-12(16(22)21-7-5-17-6-8-21)9-13(11-3-4-11)18-15(14)20(2)19-10;/h9,11,17H,3-8H2,1-2H3;1H. The van der Waals surface area contributed by atoms with E-state index < -0.39 is 0 Å². The topological polar surface area (TPSA) is 63.1 Å². The predicted octanol–water partition coefficient (Wildman–Crippen LogP) is 1.62. The molecule has 3 heterocycles. The van der Waals surface area contributed by atoms with Crippen LogP contribution in [-0.4, -0.2) is 51.8 Å². The van der Waals surface area contributed by atoms with Gasteiger partial charge in [0, 0.05) is 44.8 Å². The molecule has 2 fully saturated rings. The summed E-state index contributed by atoms with van der Waals surface area (Å²) in [7, 11) is 1.90. The molecule has 1 aliphatic carbocycles. The number of halogens is 1. The number of pyridine rings is 1. The first-order valence-corrected chi connectivity index (χ1v) is 7.99. The zero-order valence-corrected chi connectivity index (χ0v) is 14.3. The highest BCUT2D eigenvalue weighted by atomic mass is 35.5. The molecule has 124 valence electrons. The Kier molecular flexibility index (Phi) is 4.29. The Labute approximate surface area is 141 Å². The summed E-state index contributed by atoms with van der Waals surface area (Å²) < 4.78 is 1.80. The van der Waals surface area contributed by atoms with Gasteiger partial charge in [-0.2, -0.15) is 5.10 Å². The molecular formula is C16H22ClN5O. The first-order chi connectivity index (χ1) is 10.6. The number of carbonyl (C=O) groups excluding carboxylic acids is 1. The number of rotatable bonds is 2. The van der Waals surface area contributed by atoms with Crippen molar-refractivity contribution in [1.82, 2.24) is 25.0 Å². The van der Waals surface area contributed by atoms with Crippen LogP contribution < -0.4 is 5.32 Å². The van der Waals surface area contributed by atoms with E-state index in [0.717, 1.165) is 54.2 Å². The van der Waals surface area contributed by atoms with Gasteiger partial charge in [0.05, 0.1) is 16.6 Å². The minimum Gasteiger partial charge on any atom is -0.336 e. The van der Waals surface area contributed by atoms with Crippen LogP contribution >= 0.6 is 12.4 Å². The number of nitrogens with one attached hydrogen (secondary N) is 1. The van der Waals surface area contributed by atoms with Crippen LogP contribution in [0.1, 0.15) is 40.5 Å². The molecule has 1 amide bonds. The van der Waals surface area contributed by atoms with Crippen LogP contribution in [0, 0.1) is 6.92 Å². The molecule has 1 aliphatic heterocycles. The minimum absolute atomic E-state index is 0. The number of nitrogens with zero attached hydrogens (tertiary/aromatic N) is 4. The molecule has 2 aromatic rings. The Morgan fingerprint density at radius 2 is 2.00 bits per heavy atom. The van der Waals surface area contributed by atoms with E-state index in [4.69, 9.17) is 4.98 Å². The van der Waals surface area contributed by atoms with Gasteiger partial charge < -0.3 is 10.2 Å². The molecule has 0 bridgehead atoms. The predicted molar refractivity (Wildman–Crippen MR) is 91.2 cm³/mol. The monoisotopic (exact) mass is 335 g/mol. The molecule has 4 rings (SSSR count). The zero-order chi connectivity index (χ0) is 15.3. The molecule has 7 heteroatoms. The maximum Gasteiger partial charge on any atom is 0.254 e. The molecule has 0 atom stereocenters. The third kappa shape index (κ3) is 2.81. The average molecular weight is 336 g/mol. The van der Waals surface area contributed by atoms with Crippen LogP contribution in [0.5, 0.6) is 0 Å². The minimum atomic E-state index is 0. The summed E-state index contributed by atoms with van der Waals surface area (Å²) >= 11 is 0. The van der Waals surface area contributed by atoms with Crippen LogP contribution in [0.4, 0.5) is 0 Å². The van der Waals surface area contributed by atoms with Crippen molar-refractivity contribution in [2.75, 3.05) is 26.2 Å². The van der Waals surface area contributed by atoms with E-state index in [1.165, 1.54) is 12.8 Å². The van der Waals surface area contributed by atoms with Crippen molar-refractivity contribution in [2.24, 2.45) is 7.05 Å². The van der Waals surface area contributed by atoms with Crippen LogP contribution in [0.2, 0.25) is 0 Å². The van der Waals surface area contributed by atoms with Crippen LogP contribution in [0.3, 0.4) is 0 Å². The third-order valence-corrected chi connectivity index (χ3v) is 4.62. The molecule has 23 heavy (non-hydrogen) atoms. The highest BCUT2D eigenvalue weighted by molar-refractivity contribution is 6.06. The van der Waals surface area contributed by atoms with Crippen molar-refractivity contribution in [3.8, 4) is 0 Å². The van der Waals surface area contributed by atoms with Gasteiger partial charge in [0.2, 0.25) is 0 Å². The van der Waals surface area contributed by atoms with Crippen molar-refractivity contribution < 1.29 is 4.79 Å². The molecule has 6 nitrogen and oxygen atoms in total. The maximum atomic E-state index is 13.0. The summed E-state index contributed by atoms with van der Waals surface area (Å²) in [5.74, 6) is 0.640. The molecule has 0 aromatic carbocycles. The second-order valence-corrected chi connectivity index (χ2v) is 6.32. The lowest BCUT2D eigenvalue weighted by atomic mass is 10.1. The van der Waals surface area contributed by atoms with Crippen molar-refractivity contribution in [2.45, 2.75) is 25.7 Å². The SMILES string of the molecule is Cc1nn(C)c2nc(C3CC3)cc(C(=O)N3CCNCC3)c12.Cl. The average Bonchev–Trinajstić information content (AvgIpc) is 3.34. The van der Waals surface area contributed by atoms with Gasteiger partial charge in [-0.3, -0.25) is 9.48 Å². The van der Waals surface area contributed by atoms with E-state index >= 15 is 0 Å². The fourth-order valence-corrected chi connectivity index (χ4v) is 3.26. The van der Waals surface area contributed by atoms with Crippen molar-refractivity contribution >= 4 is 29.3 Å². The molecule has 1 saturated carbocycles. The number of piperazine rings is 1. The summed E-state index contributed by atoms with van der Waals surface area (Å²) in [6, 6.07) is 2.01. The van der Waals surface area contributed by atoms with Gasteiger partial charge in [0.15, 0.2) is 5.65 Å². The van der Waals surface area contributed by atoms with E-state index in [9.17, 15) is 4.79 Å². The molecule has 0 radical (unpaired) electrons. The van der Waals surface area contributed by atoms with Gasteiger partial charge in [-0.05, 0) is 25.8 Å². The molecule has 1 N–H and O–H groups in total. The van der Waals surface area contributed by atoms with Gasteiger partial charge in [-0.25, -0.2) is 4.98 Å². The third-order valence-electron chi connectivity index (χ3n) is 4.62. The number of hydrogen-bond donors (Lipinski definition) is 1. The van der Waals surface area contributed by atoms with Gasteiger partial charge in [0.1, 0.15) is 0 Å². The largest absolute Gasteiger partial charge is 0.336 e. The zero-order valence-electron chi connectivity index (χ0n) is 13.5. The van der Waals surface area contributed by atoms with Crippen molar-refractivity contribution in [1.29, 1.82) is 0 Å². The second-order valence-electron chi connectivity index (χ2n) is 6.32. The lowest BCUT2D eigenvalue weighted by molar-refractivity contribution is 0.0737. The molecule has 0 spiro atoms. The molecular weight excluding hydrogens is 314 g/mol. The summed E-state index contributed by atoms with van der Waals surface area (Å²) in [5.41, 5.74) is 3.54. The Morgan fingerprint density at radius 1 is 1.30 bits per heavy atom. The number of carbonyl (C=O) groups is 1. The van der Waals surface area contributed by atoms with Crippen molar-refractivity contribution in [3.63, 3.8) is 0 Å². The first-order valence-electron chi connectivity index (χ1n) is 7.99. The Bertz CT molecular complexity index is 746. The van der Waals surface area contributed by atoms with E-state index in [2.05, 4.69) is 10.4 Å². The lowest BCUT2D eigenvalue weighted by Crippen LogP contribution is -2.46. The fourth-order valence-electron chi connectivity index (χ4n) is 3.26. The van der Waals surface area contributed by atoms with E-state index in [-0.39, 0.29) is 18.3 Å². The Balaban J connectivity index is 0.00000156. The molecule has 2 aliphatic rings. The quantitative estimate of drug-likeness (QED) is 0.906. The fraction of sp³-hybridized carbons (Fsp3) is 0.562. The number of aryl methyl sites for hydroxylation is 2. The number of aromatic nitrogens is 3. The van der Waals surface area contributed by atoms with E-state index in [1.807, 2.05) is 24.9 Å². The van der Waals surface area contributed by atoms with Crippen LogP contribution in [0.15, 0.2) is 6.07 Å². The number of hydrogen-bond acceptors (Lipinski definition) is 4. The highest BCUT2D eigenvalue weighted by Crippen LogP contribution is 2.40. The molecule has 1 saturated heterocycles. The van der Waals surface area contributed by atoms with Crippen LogP contribution in [0.25, 0.3) is 11.0 Å². The number of amides is 1. The summed E-state index contributed by atoms with van der Waals surface area (Å²) in [5, 5.41) is 8.67. The van der Waals surface area contributed by atoms with Crippen molar-refractivity contribution in [3.05, 3.63) is 23.0 Å². The van der Waals surface area contributed by atoms with Gasteiger partial charge in [-0.15, -0.1) is 12.4 Å². The lowest BCUT2D eigenvalue weighted by Gasteiger charge is -2.27. The summed E-state index contributed by atoms with van der Waals surface area (Å²) in [4.78, 5) is 19.7. The maximum absolute atomic E-state index is 13.0. The van der Waals surface area contributed by atoms with Gasteiger partial charge in [0.25, 0.3) is 5.91 Å². The smallest absolute Gasteiger partial charge is 0.254 e. The normalized spacial score (nSPS) is 18.1. The highest BCUT2D eigenvalue weighted by Gasteiger charge is 2.29. The number of fused-ring (bicyclic) bond motifs is 1. The molecule has 0 unspecified atom stereocenters. The molecule has 2 aromatic heterocycles. The van der Waals surface area contributed by atoms with E-state index in [1.54, 1.807) is 4.68 Å². The first kappa shape index (κ1) is 16.2.